The zero-order chi connectivity index (χ0) is 21.3. The minimum absolute atomic E-state index is 0.0895. The monoisotopic (exact) mass is 431 g/mol. The maximum atomic E-state index is 13.7. The van der Waals surface area contributed by atoms with Crippen molar-refractivity contribution in [1.29, 1.82) is 0 Å². The van der Waals surface area contributed by atoms with E-state index in [0.29, 0.717) is 23.1 Å². The van der Waals surface area contributed by atoms with Crippen LogP contribution in [0.2, 0.25) is 5.02 Å². The molecule has 3 aromatic rings. The highest BCUT2D eigenvalue weighted by Crippen LogP contribution is 2.28. The second kappa shape index (κ2) is 8.11. The van der Waals surface area contributed by atoms with Crippen molar-refractivity contribution in [2.75, 3.05) is 5.32 Å². The number of ether oxygens (including phenoxy) is 1. The number of aromatic nitrogens is 1. The summed E-state index contributed by atoms with van der Waals surface area (Å²) < 4.78 is 24.4. The van der Waals surface area contributed by atoms with Gasteiger partial charge in [-0.25, -0.2) is 14.2 Å². The van der Waals surface area contributed by atoms with E-state index in [9.17, 15) is 18.8 Å². The highest BCUT2D eigenvalue weighted by Gasteiger charge is 2.31. The summed E-state index contributed by atoms with van der Waals surface area (Å²) in [5, 5.41) is 4.83. The average Bonchev–Trinajstić information content (AvgIpc) is 3.12. The standard InChI is InChI=1S/C20H15ClFN3O5/c21-11-2-4-13(22)14(8-11)24-20(28)29-9-10-1-5-16-15(7-10)23-19(30-16)12-3-6-17(26)25-18(12)27/h1-2,4-5,7-8,12H,3,6,9H2,(H,24,28)(H,25,26,27). The minimum Gasteiger partial charge on any atom is -0.444 e. The smallest absolute Gasteiger partial charge is 0.412 e. The predicted octanol–water partition coefficient (Wildman–Crippen LogP) is 3.89. The molecule has 10 heteroatoms. The first-order chi connectivity index (χ1) is 14.4. The molecule has 4 rings (SSSR count). The molecule has 8 nitrogen and oxygen atoms in total. The van der Waals surface area contributed by atoms with Gasteiger partial charge in [0.25, 0.3) is 0 Å². The lowest BCUT2D eigenvalue weighted by Gasteiger charge is -2.17. The number of piperidine rings is 1. The first-order valence-corrected chi connectivity index (χ1v) is 9.39. The highest BCUT2D eigenvalue weighted by molar-refractivity contribution is 6.30. The number of oxazole rings is 1. The average molecular weight is 432 g/mol. The molecule has 0 aliphatic carbocycles. The zero-order valence-electron chi connectivity index (χ0n) is 15.4. The quantitative estimate of drug-likeness (QED) is 0.606. The molecule has 1 aliphatic heterocycles. The number of carbonyl (C=O) groups excluding carboxylic acids is 3. The third-order valence-electron chi connectivity index (χ3n) is 4.54. The number of carbonyl (C=O) groups is 3. The number of nitrogens with one attached hydrogen (secondary N) is 2. The summed E-state index contributed by atoms with van der Waals surface area (Å²) in [5.41, 5.74) is 1.47. The lowest BCUT2D eigenvalue weighted by atomic mass is 9.98. The third kappa shape index (κ3) is 4.25. The van der Waals surface area contributed by atoms with Crippen molar-refractivity contribution in [3.05, 3.63) is 58.7 Å². The van der Waals surface area contributed by atoms with Crippen LogP contribution >= 0.6 is 11.6 Å². The van der Waals surface area contributed by atoms with Crippen molar-refractivity contribution in [2.24, 2.45) is 0 Å². The Hall–Kier alpha value is -3.46. The van der Waals surface area contributed by atoms with Gasteiger partial charge >= 0.3 is 6.09 Å². The summed E-state index contributed by atoms with van der Waals surface area (Å²) in [6, 6.07) is 8.75. The van der Waals surface area contributed by atoms with Gasteiger partial charge in [0.15, 0.2) is 5.58 Å². The minimum atomic E-state index is -0.847. The van der Waals surface area contributed by atoms with Gasteiger partial charge in [-0.3, -0.25) is 20.2 Å². The molecule has 30 heavy (non-hydrogen) atoms. The van der Waals surface area contributed by atoms with Crippen LogP contribution in [0.3, 0.4) is 0 Å². The number of nitrogens with zero attached hydrogens (tertiary/aromatic N) is 1. The van der Waals surface area contributed by atoms with Crippen LogP contribution in [0.4, 0.5) is 14.9 Å². The Morgan fingerprint density at radius 2 is 2.13 bits per heavy atom. The topological polar surface area (TPSA) is 111 Å². The van der Waals surface area contributed by atoms with Crippen molar-refractivity contribution in [1.82, 2.24) is 10.3 Å². The van der Waals surface area contributed by atoms with Crippen LogP contribution in [0.5, 0.6) is 0 Å². The van der Waals surface area contributed by atoms with Crippen LogP contribution in [0.1, 0.15) is 30.2 Å². The normalized spacial score (nSPS) is 16.4. The lowest BCUT2D eigenvalue weighted by molar-refractivity contribution is -0.134. The number of rotatable bonds is 4. The number of hydrogen-bond donors (Lipinski definition) is 2. The fraction of sp³-hybridized carbons (Fsp3) is 0.200. The molecule has 0 bridgehead atoms. The van der Waals surface area contributed by atoms with E-state index in [2.05, 4.69) is 15.6 Å². The Morgan fingerprint density at radius 1 is 1.30 bits per heavy atom. The summed E-state index contributed by atoms with van der Waals surface area (Å²) in [5.74, 6) is -1.80. The molecule has 1 unspecified atom stereocenters. The Morgan fingerprint density at radius 3 is 2.93 bits per heavy atom. The fourth-order valence-electron chi connectivity index (χ4n) is 3.05. The molecular formula is C20H15ClFN3O5. The van der Waals surface area contributed by atoms with Gasteiger partial charge in [0.2, 0.25) is 17.7 Å². The Kier molecular flexibility index (Phi) is 5.37. The molecule has 1 fully saturated rings. The molecule has 2 aromatic carbocycles. The van der Waals surface area contributed by atoms with E-state index < -0.39 is 23.7 Å². The van der Waals surface area contributed by atoms with E-state index in [1.807, 2.05) is 0 Å². The molecule has 0 radical (unpaired) electrons. The Bertz CT molecular complexity index is 1160. The first kappa shape index (κ1) is 19.8. The number of anilines is 1. The van der Waals surface area contributed by atoms with Gasteiger partial charge in [-0.2, -0.15) is 0 Å². The number of fused-ring (bicyclic) bond motifs is 1. The van der Waals surface area contributed by atoms with Gasteiger partial charge < -0.3 is 9.15 Å². The van der Waals surface area contributed by atoms with Crippen molar-refractivity contribution in [3.63, 3.8) is 0 Å². The van der Waals surface area contributed by atoms with E-state index in [4.69, 9.17) is 20.8 Å². The fourth-order valence-corrected chi connectivity index (χ4v) is 3.22. The number of halogens is 2. The molecule has 1 atom stereocenters. The van der Waals surface area contributed by atoms with Crippen LogP contribution in [0.15, 0.2) is 40.8 Å². The van der Waals surface area contributed by atoms with E-state index in [0.717, 1.165) is 6.07 Å². The summed E-state index contributed by atoms with van der Waals surface area (Å²) in [6.45, 7) is -0.0927. The summed E-state index contributed by atoms with van der Waals surface area (Å²) >= 11 is 5.79. The van der Waals surface area contributed by atoms with Gasteiger partial charge in [-0.15, -0.1) is 0 Å². The van der Waals surface area contributed by atoms with Gasteiger partial charge in [0.1, 0.15) is 23.9 Å². The van der Waals surface area contributed by atoms with Crippen LogP contribution in [-0.4, -0.2) is 22.9 Å². The summed E-state index contributed by atoms with van der Waals surface area (Å²) in [4.78, 5) is 39.5. The zero-order valence-corrected chi connectivity index (χ0v) is 16.2. The number of amides is 3. The molecule has 2 N–H and O–H groups in total. The van der Waals surface area contributed by atoms with E-state index in [1.165, 1.54) is 12.1 Å². The van der Waals surface area contributed by atoms with Crippen molar-refractivity contribution in [2.45, 2.75) is 25.4 Å². The van der Waals surface area contributed by atoms with Gasteiger partial charge in [-0.05, 0) is 42.3 Å². The molecule has 3 amide bonds. The molecule has 1 saturated heterocycles. The summed E-state index contributed by atoms with van der Waals surface area (Å²) in [6.07, 6.45) is -0.301. The molecular weight excluding hydrogens is 417 g/mol. The Labute approximate surface area is 174 Å². The maximum Gasteiger partial charge on any atom is 0.412 e. The molecule has 2 heterocycles. The van der Waals surface area contributed by atoms with Crippen LogP contribution in [0, 0.1) is 5.82 Å². The van der Waals surface area contributed by atoms with Crippen LogP contribution in [-0.2, 0) is 20.9 Å². The van der Waals surface area contributed by atoms with Crippen molar-refractivity contribution < 1.29 is 27.9 Å². The van der Waals surface area contributed by atoms with E-state index in [1.54, 1.807) is 18.2 Å². The second-order valence-corrected chi connectivity index (χ2v) is 7.12. The lowest BCUT2D eigenvalue weighted by Crippen LogP contribution is -2.39. The molecule has 1 aromatic heterocycles. The van der Waals surface area contributed by atoms with Gasteiger partial charge in [-0.1, -0.05) is 17.7 Å². The Balaban J connectivity index is 1.42. The molecule has 154 valence electrons. The maximum absolute atomic E-state index is 13.7. The second-order valence-electron chi connectivity index (χ2n) is 6.68. The van der Waals surface area contributed by atoms with Crippen LogP contribution in [0.25, 0.3) is 11.1 Å². The van der Waals surface area contributed by atoms with Crippen molar-refractivity contribution in [3.8, 4) is 0 Å². The highest BCUT2D eigenvalue weighted by atomic mass is 35.5. The van der Waals surface area contributed by atoms with E-state index >= 15 is 0 Å². The first-order valence-electron chi connectivity index (χ1n) is 9.01. The molecule has 1 aliphatic rings. The van der Waals surface area contributed by atoms with Gasteiger partial charge in [0.05, 0.1) is 5.69 Å². The molecule has 0 spiro atoms. The third-order valence-corrected chi connectivity index (χ3v) is 4.78. The predicted molar refractivity (Wildman–Crippen MR) is 104 cm³/mol. The van der Waals surface area contributed by atoms with Crippen molar-refractivity contribution >= 4 is 46.3 Å². The van der Waals surface area contributed by atoms with Crippen LogP contribution < -0.4 is 10.6 Å². The summed E-state index contributed by atoms with van der Waals surface area (Å²) in [7, 11) is 0. The number of benzene rings is 2. The SMILES string of the molecule is O=C1CCC(c2nc3cc(COC(=O)Nc4cc(Cl)ccc4F)ccc3o2)C(=O)N1. The van der Waals surface area contributed by atoms with Gasteiger partial charge in [0, 0.05) is 11.4 Å². The molecule has 0 saturated carbocycles. The van der Waals surface area contributed by atoms with E-state index in [-0.39, 0.29) is 35.5 Å². The number of imide groups is 1. The largest absolute Gasteiger partial charge is 0.444 e. The number of hydrogen-bond acceptors (Lipinski definition) is 6.